The number of hydrogen-bond donors (Lipinski definition) is 1. The summed E-state index contributed by atoms with van der Waals surface area (Å²) >= 11 is 0. The highest BCUT2D eigenvalue weighted by atomic mass is 16.5. The highest BCUT2D eigenvalue weighted by Crippen LogP contribution is 2.02. The van der Waals surface area contributed by atoms with Crippen molar-refractivity contribution in [3.63, 3.8) is 0 Å². The van der Waals surface area contributed by atoms with Gasteiger partial charge in [0.15, 0.2) is 0 Å². The number of carbonyl (C=O) groups is 1. The number of ether oxygens (including phenoxy) is 1. The number of nitrogens with zero attached hydrogens (tertiary/aromatic N) is 1. The van der Waals surface area contributed by atoms with E-state index in [2.05, 4.69) is 0 Å². The normalized spacial score (nSPS) is 24.1. The first kappa shape index (κ1) is 11.4. The Labute approximate surface area is 73.1 Å². The molecular weight excluding hydrogens is 158 g/mol. The van der Waals surface area contributed by atoms with E-state index in [0.29, 0.717) is 19.8 Å². The number of morpholine rings is 1. The zero-order chi connectivity index (χ0) is 9.56. The summed E-state index contributed by atoms with van der Waals surface area (Å²) in [4.78, 5) is 12.2. The third-order valence-electron chi connectivity index (χ3n) is 1.68. The fraction of sp³-hybridized carbons (Fsp3) is 0.875. The number of carboxylic acids is 1. The van der Waals surface area contributed by atoms with E-state index in [-0.39, 0.29) is 0 Å². The molecule has 0 aromatic rings. The number of likely N-dealkylation sites (N-methyl/N-ethyl adjacent to an activating group) is 1. The molecule has 0 aromatic carbocycles. The molecule has 0 saturated carbocycles. The van der Waals surface area contributed by atoms with Crippen LogP contribution in [0.5, 0.6) is 0 Å². The van der Waals surface area contributed by atoms with E-state index in [0.717, 1.165) is 0 Å². The molecule has 0 spiro atoms. The average Bonchev–Trinajstić information content (AvgIpc) is 2.08. The van der Waals surface area contributed by atoms with E-state index in [9.17, 15) is 4.79 Å². The Hall–Kier alpha value is -0.610. The molecule has 1 N–H and O–H groups in total. The molecule has 1 aliphatic heterocycles. The van der Waals surface area contributed by atoms with Crippen LogP contribution in [-0.4, -0.2) is 48.8 Å². The summed E-state index contributed by atoms with van der Waals surface area (Å²) in [5, 5.41) is 8.59. The molecule has 4 heteroatoms. The monoisotopic (exact) mass is 175 g/mol. The Bertz CT molecular complexity index is 138. The molecule has 72 valence electrons. The minimum absolute atomic E-state index is 0.311. The first-order valence-corrected chi connectivity index (χ1v) is 4.22. The van der Waals surface area contributed by atoms with Crippen LogP contribution in [0.2, 0.25) is 0 Å². The third-order valence-corrected chi connectivity index (χ3v) is 1.68. The van der Waals surface area contributed by atoms with Crippen LogP contribution in [-0.2, 0) is 9.53 Å². The smallest absolute Gasteiger partial charge is 0.323 e. The van der Waals surface area contributed by atoms with Gasteiger partial charge in [0, 0.05) is 6.54 Å². The molecule has 1 saturated heterocycles. The Balaban J connectivity index is 0.000000561. The summed E-state index contributed by atoms with van der Waals surface area (Å²) < 4.78 is 4.99. The van der Waals surface area contributed by atoms with E-state index >= 15 is 0 Å². The summed E-state index contributed by atoms with van der Waals surface area (Å²) in [6.07, 6.45) is 0. The molecule has 1 heterocycles. The first-order chi connectivity index (χ1) is 5.72. The van der Waals surface area contributed by atoms with E-state index < -0.39 is 12.0 Å². The first-order valence-electron chi connectivity index (χ1n) is 4.22. The van der Waals surface area contributed by atoms with Crippen LogP contribution >= 0.6 is 0 Å². The van der Waals surface area contributed by atoms with Crippen molar-refractivity contribution in [2.75, 3.05) is 26.8 Å². The van der Waals surface area contributed by atoms with Gasteiger partial charge in [0.2, 0.25) is 0 Å². The second-order valence-corrected chi connectivity index (χ2v) is 2.41. The van der Waals surface area contributed by atoms with Crippen LogP contribution in [0, 0.1) is 0 Å². The van der Waals surface area contributed by atoms with E-state index in [1.165, 1.54) is 0 Å². The van der Waals surface area contributed by atoms with E-state index in [1.54, 1.807) is 11.9 Å². The van der Waals surface area contributed by atoms with Gasteiger partial charge in [-0.25, -0.2) is 0 Å². The van der Waals surface area contributed by atoms with Crippen molar-refractivity contribution in [3.05, 3.63) is 0 Å². The van der Waals surface area contributed by atoms with Crippen LogP contribution in [0.15, 0.2) is 0 Å². The SMILES string of the molecule is CC.CN1CCOCC1C(=O)O. The Morgan fingerprint density at radius 3 is 2.50 bits per heavy atom. The standard InChI is InChI=1S/C6H11NO3.C2H6/c1-7-2-3-10-4-5(7)6(8)9;1-2/h5H,2-4H2,1H3,(H,8,9);1-2H3. The van der Waals surface area contributed by atoms with Gasteiger partial charge in [0.25, 0.3) is 0 Å². The lowest BCUT2D eigenvalue weighted by atomic mass is 10.2. The number of rotatable bonds is 1. The molecule has 0 aromatic heterocycles. The minimum atomic E-state index is -0.804. The lowest BCUT2D eigenvalue weighted by Crippen LogP contribution is -2.47. The van der Waals surface area contributed by atoms with Crippen LogP contribution in [0.1, 0.15) is 13.8 Å². The molecule has 4 nitrogen and oxygen atoms in total. The van der Waals surface area contributed by atoms with E-state index in [1.807, 2.05) is 13.8 Å². The highest BCUT2D eigenvalue weighted by Gasteiger charge is 2.25. The van der Waals surface area contributed by atoms with Crippen LogP contribution in [0.3, 0.4) is 0 Å². The minimum Gasteiger partial charge on any atom is -0.480 e. The maximum absolute atomic E-state index is 10.4. The Morgan fingerprint density at radius 2 is 2.17 bits per heavy atom. The van der Waals surface area contributed by atoms with Gasteiger partial charge in [-0.3, -0.25) is 9.69 Å². The van der Waals surface area contributed by atoms with Crippen molar-refractivity contribution in [2.24, 2.45) is 0 Å². The quantitative estimate of drug-likeness (QED) is 0.627. The largest absolute Gasteiger partial charge is 0.480 e. The molecule has 1 fully saturated rings. The van der Waals surface area contributed by atoms with Crippen molar-refractivity contribution < 1.29 is 14.6 Å². The van der Waals surface area contributed by atoms with Crippen LogP contribution in [0.25, 0.3) is 0 Å². The summed E-state index contributed by atoms with van der Waals surface area (Å²) in [5.74, 6) is -0.804. The lowest BCUT2D eigenvalue weighted by Gasteiger charge is -2.28. The van der Waals surface area contributed by atoms with Crippen molar-refractivity contribution in [2.45, 2.75) is 19.9 Å². The van der Waals surface area contributed by atoms with E-state index in [4.69, 9.17) is 9.84 Å². The molecule has 0 bridgehead atoms. The van der Waals surface area contributed by atoms with Gasteiger partial charge in [0.05, 0.1) is 13.2 Å². The zero-order valence-corrected chi connectivity index (χ0v) is 7.91. The van der Waals surface area contributed by atoms with Gasteiger partial charge in [-0.2, -0.15) is 0 Å². The molecule has 12 heavy (non-hydrogen) atoms. The van der Waals surface area contributed by atoms with Gasteiger partial charge in [-0.05, 0) is 7.05 Å². The fourth-order valence-corrected chi connectivity index (χ4v) is 0.946. The van der Waals surface area contributed by atoms with Crippen LogP contribution in [0.4, 0.5) is 0 Å². The number of carboxylic acid groups (broad SMARTS) is 1. The summed E-state index contributed by atoms with van der Waals surface area (Å²) in [7, 11) is 1.79. The van der Waals surface area contributed by atoms with Crippen molar-refractivity contribution in [1.82, 2.24) is 4.90 Å². The Morgan fingerprint density at radius 1 is 1.58 bits per heavy atom. The predicted octanol–water partition coefficient (Wildman–Crippen LogP) is 0.428. The summed E-state index contributed by atoms with van der Waals surface area (Å²) in [6, 6.07) is -0.450. The second kappa shape index (κ2) is 5.97. The number of hydrogen-bond acceptors (Lipinski definition) is 3. The summed E-state index contributed by atoms with van der Waals surface area (Å²) in [5.41, 5.74) is 0. The molecule has 1 rings (SSSR count). The molecule has 1 atom stereocenters. The third kappa shape index (κ3) is 3.19. The molecular formula is C8H17NO3. The van der Waals surface area contributed by atoms with Gasteiger partial charge in [-0.15, -0.1) is 0 Å². The van der Waals surface area contributed by atoms with Gasteiger partial charge in [-0.1, -0.05) is 13.8 Å². The zero-order valence-electron chi connectivity index (χ0n) is 7.91. The highest BCUT2D eigenvalue weighted by molar-refractivity contribution is 5.73. The Kier molecular flexibility index (Phi) is 5.66. The van der Waals surface area contributed by atoms with Gasteiger partial charge < -0.3 is 9.84 Å². The van der Waals surface area contributed by atoms with Gasteiger partial charge in [0.1, 0.15) is 6.04 Å². The van der Waals surface area contributed by atoms with Crippen molar-refractivity contribution in [1.29, 1.82) is 0 Å². The van der Waals surface area contributed by atoms with Crippen LogP contribution < -0.4 is 0 Å². The maximum Gasteiger partial charge on any atom is 0.323 e. The topological polar surface area (TPSA) is 49.8 Å². The fourth-order valence-electron chi connectivity index (χ4n) is 0.946. The second-order valence-electron chi connectivity index (χ2n) is 2.41. The predicted molar refractivity (Wildman–Crippen MR) is 46.2 cm³/mol. The molecule has 0 aliphatic carbocycles. The lowest BCUT2D eigenvalue weighted by molar-refractivity contribution is -0.148. The number of aliphatic carboxylic acids is 1. The molecule has 0 radical (unpaired) electrons. The summed E-state index contributed by atoms with van der Waals surface area (Å²) in [6.45, 7) is 5.66. The molecule has 0 amide bonds. The maximum atomic E-state index is 10.4. The van der Waals surface area contributed by atoms with Crippen molar-refractivity contribution in [3.8, 4) is 0 Å². The average molecular weight is 175 g/mol. The van der Waals surface area contributed by atoms with Crippen molar-refractivity contribution >= 4 is 5.97 Å². The molecule has 1 aliphatic rings. The van der Waals surface area contributed by atoms with Gasteiger partial charge >= 0.3 is 5.97 Å². The molecule has 1 unspecified atom stereocenters.